The van der Waals surface area contributed by atoms with Gasteiger partial charge in [-0.2, -0.15) is 9.97 Å². The molecule has 0 bridgehead atoms. The molecule has 1 amide bonds. The van der Waals surface area contributed by atoms with Crippen molar-refractivity contribution in [1.82, 2.24) is 20.3 Å². The first-order chi connectivity index (χ1) is 30.5. The maximum absolute atomic E-state index is 13.1. The van der Waals surface area contributed by atoms with Gasteiger partial charge in [0.1, 0.15) is 5.82 Å². The Balaban J connectivity index is 0.893. The van der Waals surface area contributed by atoms with Crippen LogP contribution in [-0.2, 0) is 47.4 Å². The van der Waals surface area contributed by atoms with E-state index in [4.69, 9.17) is 67.9 Å². The summed E-state index contributed by atoms with van der Waals surface area (Å²) in [7, 11) is 0. The van der Waals surface area contributed by atoms with Crippen LogP contribution in [0.3, 0.4) is 0 Å². The van der Waals surface area contributed by atoms with Crippen molar-refractivity contribution in [1.29, 1.82) is 0 Å². The van der Waals surface area contributed by atoms with E-state index in [1.165, 1.54) is 0 Å². The zero-order chi connectivity index (χ0) is 43.5. The number of azide groups is 1. The van der Waals surface area contributed by atoms with Crippen LogP contribution in [0.15, 0.2) is 41.5 Å². The second-order valence-corrected chi connectivity index (χ2v) is 14.3. The summed E-state index contributed by atoms with van der Waals surface area (Å²) >= 11 is 0. The van der Waals surface area contributed by atoms with Crippen molar-refractivity contribution in [3.05, 3.63) is 52.4 Å². The molecule has 1 aromatic carbocycles. The van der Waals surface area contributed by atoms with E-state index in [1.807, 2.05) is 30.3 Å². The molecule has 3 aromatic rings. The lowest BCUT2D eigenvalue weighted by Gasteiger charge is -2.37. The zero-order valence-electron chi connectivity index (χ0n) is 36.2. The fraction of sp³-hybridized carbons (Fsp3) is 0.667. The molecule has 5 rings (SSSR count). The quantitative estimate of drug-likeness (QED) is 0.0425. The lowest BCUT2D eigenvalue weighted by Crippen LogP contribution is -2.46. The Morgan fingerprint density at radius 2 is 1.24 bits per heavy atom. The van der Waals surface area contributed by atoms with Crippen molar-refractivity contribution in [3.8, 4) is 11.3 Å². The largest absolute Gasteiger partial charge is 0.379 e. The Kier molecular flexibility index (Phi) is 22.9. The van der Waals surface area contributed by atoms with Gasteiger partial charge in [0.15, 0.2) is 5.65 Å². The first kappa shape index (κ1) is 48.7. The maximum Gasteiger partial charge on any atom is 0.251 e. The molecule has 1 N–H and O–H groups in total. The summed E-state index contributed by atoms with van der Waals surface area (Å²) in [6, 6.07) is 11.7. The van der Waals surface area contributed by atoms with Crippen LogP contribution < -0.4 is 15.1 Å². The van der Waals surface area contributed by atoms with Crippen LogP contribution in [0.5, 0.6) is 0 Å². The van der Waals surface area contributed by atoms with Gasteiger partial charge in [-0.25, -0.2) is 4.98 Å². The van der Waals surface area contributed by atoms with E-state index in [0.29, 0.717) is 169 Å². The van der Waals surface area contributed by atoms with Gasteiger partial charge in [-0.3, -0.25) is 4.79 Å². The maximum atomic E-state index is 13.1. The number of hydrogen-bond acceptors (Lipinski definition) is 17. The number of carbonyl (C=O) groups excluding carboxylic acids is 1. The zero-order valence-corrected chi connectivity index (χ0v) is 36.2. The molecule has 0 radical (unpaired) electrons. The summed E-state index contributed by atoms with van der Waals surface area (Å²) in [6.07, 6.45) is 0. The number of nitrogens with one attached hydrogen (secondary N) is 1. The summed E-state index contributed by atoms with van der Waals surface area (Å²) in [5.41, 5.74) is 10.8. The summed E-state index contributed by atoms with van der Waals surface area (Å²) < 4.78 is 55.2. The average Bonchev–Trinajstić information content (AvgIpc) is 3.29. The highest BCUT2D eigenvalue weighted by Crippen LogP contribution is 2.31. The van der Waals surface area contributed by atoms with Crippen LogP contribution in [0.4, 0.5) is 11.8 Å². The molecule has 2 fully saturated rings. The lowest BCUT2D eigenvalue weighted by atomic mass is 10.1. The van der Waals surface area contributed by atoms with Crippen LogP contribution in [0.25, 0.3) is 32.7 Å². The topological polar surface area (TPSA) is 215 Å². The Morgan fingerprint density at radius 1 is 0.710 bits per heavy atom. The molecular formula is C42H63N9O11. The highest BCUT2D eigenvalue weighted by atomic mass is 16.6. The molecule has 20 nitrogen and oxygen atoms in total. The molecule has 2 aromatic heterocycles. The lowest BCUT2D eigenvalue weighted by molar-refractivity contribution is -0.0228. The van der Waals surface area contributed by atoms with E-state index in [9.17, 15) is 4.79 Å². The fourth-order valence-electron chi connectivity index (χ4n) is 6.51. The second kappa shape index (κ2) is 29.1. The van der Waals surface area contributed by atoms with Gasteiger partial charge in [-0.1, -0.05) is 17.2 Å². The van der Waals surface area contributed by atoms with Gasteiger partial charge >= 0.3 is 0 Å². The minimum Gasteiger partial charge on any atom is -0.379 e. The van der Waals surface area contributed by atoms with E-state index < -0.39 is 0 Å². The van der Waals surface area contributed by atoms with Crippen molar-refractivity contribution in [2.75, 3.05) is 168 Å². The third-order valence-corrected chi connectivity index (χ3v) is 9.75. The first-order valence-corrected chi connectivity index (χ1v) is 21.4. The van der Waals surface area contributed by atoms with Gasteiger partial charge in [0, 0.05) is 42.2 Å². The van der Waals surface area contributed by atoms with Crippen LogP contribution in [0.1, 0.15) is 24.2 Å². The number of pyridine rings is 1. The van der Waals surface area contributed by atoms with E-state index in [0.717, 1.165) is 29.0 Å². The number of fused-ring (bicyclic) bond motifs is 1. The molecule has 0 spiro atoms. The Bertz CT molecular complexity index is 1790. The third-order valence-electron chi connectivity index (χ3n) is 9.75. The SMILES string of the molecule is C[C@H]1COCCN1c1nc(N2CCOC[C@@H]2C)c2ccc(-c3cccc(C(=O)NCCOCCOCCOCCOCCOCCOCCOCCOCCN=[N+]=[N-])c3)nc2n1. The van der Waals surface area contributed by atoms with Gasteiger partial charge in [-0.15, -0.1) is 0 Å². The number of morpholine rings is 2. The van der Waals surface area contributed by atoms with Gasteiger partial charge in [-0.05, 0) is 43.6 Å². The molecular weight excluding hydrogens is 807 g/mol. The summed E-state index contributed by atoms with van der Waals surface area (Å²) in [5, 5.41) is 7.19. The monoisotopic (exact) mass is 869 g/mol. The standard InChI is InChI=1S/C42H63N9O11/c1-33-31-61-14-10-50(33)40-37-6-7-38(46-39(37)47-42(48-40)51-11-15-62-32-34(51)2)35-4-3-5-36(30-35)41(52)44-8-12-53-16-18-55-20-22-57-24-26-59-28-29-60-27-25-58-23-21-56-19-17-54-13-9-45-49-43/h3-7,30,33-34H,8-29,31-32H2,1-2H3,(H,44,52)/t33-,34-/m0/s1. The minimum absolute atomic E-state index is 0.133. The van der Waals surface area contributed by atoms with E-state index >= 15 is 0 Å². The number of amides is 1. The smallest absolute Gasteiger partial charge is 0.251 e. The Labute approximate surface area is 363 Å². The predicted molar refractivity (Wildman–Crippen MR) is 231 cm³/mol. The molecule has 62 heavy (non-hydrogen) atoms. The second-order valence-electron chi connectivity index (χ2n) is 14.3. The Morgan fingerprint density at radius 3 is 1.79 bits per heavy atom. The number of nitrogens with zero attached hydrogens (tertiary/aromatic N) is 8. The van der Waals surface area contributed by atoms with Crippen molar-refractivity contribution in [2.45, 2.75) is 25.9 Å². The van der Waals surface area contributed by atoms with Gasteiger partial charge in [0.25, 0.3) is 5.91 Å². The minimum atomic E-state index is -0.195. The summed E-state index contributed by atoms with van der Waals surface area (Å²) in [5.74, 6) is 1.30. The van der Waals surface area contributed by atoms with E-state index in [-0.39, 0.29) is 18.0 Å². The van der Waals surface area contributed by atoms with Crippen molar-refractivity contribution < 1.29 is 52.2 Å². The average molecular weight is 870 g/mol. The van der Waals surface area contributed by atoms with Gasteiger partial charge < -0.3 is 62.5 Å². The number of carbonyl (C=O) groups is 1. The summed E-state index contributed by atoms with van der Waals surface area (Å²) in [6.45, 7) is 16.0. The first-order valence-electron chi connectivity index (χ1n) is 21.4. The molecule has 2 saturated heterocycles. The van der Waals surface area contributed by atoms with Crippen molar-refractivity contribution in [3.63, 3.8) is 0 Å². The molecule has 2 aliphatic heterocycles. The van der Waals surface area contributed by atoms with Gasteiger partial charge in [0.2, 0.25) is 5.95 Å². The predicted octanol–water partition coefficient (Wildman–Crippen LogP) is 3.31. The highest BCUT2D eigenvalue weighted by molar-refractivity contribution is 5.96. The number of rotatable bonds is 31. The van der Waals surface area contributed by atoms with Crippen LogP contribution in [0, 0.1) is 0 Å². The van der Waals surface area contributed by atoms with E-state index in [2.05, 4.69) is 39.0 Å². The number of anilines is 2. The number of hydrogen-bond donors (Lipinski definition) is 1. The molecule has 0 aliphatic carbocycles. The molecule has 0 unspecified atom stereocenters. The molecule has 4 heterocycles. The van der Waals surface area contributed by atoms with Crippen molar-refractivity contribution >= 4 is 28.7 Å². The van der Waals surface area contributed by atoms with Crippen molar-refractivity contribution in [2.24, 2.45) is 5.11 Å². The molecule has 342 valence electrons. The van der Waals surface area contributed by atoms with E-state index in [1.54, 1.807) is 6.07 Å². The fourth-order valence-corrected chi connectivity index (χ4v) is 6.51. The molecule has 2 atom stereocenters. The number of ether oxygens (including phenoxy) is 10. The third kappa shape index (κ3) is 17.1. The van der Waals surface area contributed by atoms with Crippen LogP contribution in [0.2, 0.25) is 0 Å². The normalized spacial score (nSPS) is 16.7. The summed E-state index contributed by atoms with van der Waals surface area (Å²) in [4.78, 5) is 35.3. The molecule has 0 saturated carbocycles. The van der Waals surface area contributed by atoms with Crippen LogP contribution in [-0.4, -0.2) is 191 Å². The van der Waals surface area contributed by atoms with Gasteiger partial charge in [0.05, 0.1) is 155 Å². The number of benzene rings is 1. The Hall–Kier alpha value is -4.31. The molecule has 2 aliphatic rings. The molecule has 20 heteroatoms. The van der Waals surface area contributed by atoms with Crippen LogP contribution >= 0.6 is 0 Å². The number of aromatic nitrogens is 3. The highest BCUT2D eigenvalue weighted by Gasteiger charge is 2.27.